The molecular formula is C14H25F3N2O2. The molecule has 0 aromatic heterocycles. The molecule has 1 fully saturated rings. The summed E-state index contributed by atoms with van der Waals surface area (Å²) in [5.74, 6) is -0.377. The number of hydrogen-bond donors (Lipinski definition) is 1. The van der Waals surface area contributed by atoms with Crippen LogP contribution < -0.4 is 5.32 Å². The number of alkyl halides is 3. The fraction of sp³-hybridized carbons (Fsp3) is 0.929. The molecule has 0 aromatic rings. The van der Waals surface area contributed by atoms with Crippen LogP contribution in [0.4, 0.5) is 13.2 Å². The average Bonchev–Trinajstić information content (AvgIpc) is 3.19. The lowest BCUT2D eigenvalue weighted by Crippen LogP contribution is -2.50. The van der Waals surface area contributed by atoms with E-state index in [9.17, 15) is 18.0 Å². The Labute approximate surface area is 124 Å². The third kappa shape index (κ3) is 6.22. The van der Waals surface area contributed by atoms with Crippen LogP contribution in [-0.2, 0) is 9.53 Å². The molecule has 1 atom stereocenters. The predicted octanol–water partition coefficient (Wildman–Crippen LogP) is 2.33. The van der Waals surface area contributed by atoms with Crippen LogP contribution in [0.15, 0.2) is 0 Å². The minimum Gasteiger partial charge on any atom is -0.468 e. The molecule has 1 unspecified atom stereocenters. The Balaban J connectivity index is 2.49. The first-order valence-corrected chi connectivity index (χ1v) is 7.36. The summed E-state index contributed by atoms with van der Waals surface area (Å²) in [4.78, 5) is 13.3. The molecule has 1 saturated carbocycles. The van der Waals surface area contributed by atoms with Gasteiger partial charge in [-0.1, -0.05) is 6.92 Å². The van der Waals surface area contributed by atoms with E-state index >= 15 is 0 Å². The lowest BCUT2D eigenvalue weighted by molar-refractivity contribution is -0.150. The van der Waals surface area contributed by atoms with Crippen LogP contribution >= 0.6 is 0 Å². The second-order valence-electron chi connectivity index (χ2n) is 5.77. The Bertz CT molecular complexity index is 346. The van der Waals surface area contributed by atoms with Gasteiger partial charge in [0, 0.05) is 6.04 Å². The molecule has 0 radical (unpaired) electrons. The number of carbonyl (C=O) groups excluding carboxylic acids is 1. The van der Waals surface area contributed by atoms with Crippen molar-refractivity contribution in [1.29, 1.82) is 0 Å². The highest BCUT2D eigenvalue weighted by atomic mass is 19.4. The van der Waals surface area contributed by atoms with Gasteiger partial charge in [-0.3, -0.25) is 9.69 Å². The highest BCUT2D eigenvalue weighted by molar-refractivity contribution is 5.80. The van der Waals surface area contributed by atoms with Crippen LogP contribution in [0, 0.1) is 0 Å². The minimum atomic E-state index is -4.17. The molecule has 0 aliphatic heterocycles. The van der Waals surface area contributed by atoms with Gasteiger partial charge in [0.1, 0.15) is 5.54 Å². The van der Waals surface area contributed by atoms with Crippen molar-refractivity contribution in [2.24, 2.45) is 0 Å². The summed E-state index contributed by atoms with van der Waals surface area (Å²) < 4.78 is 42.4. The fourth-order valence-corrected chi connectivity index (χ4v) is 2.57. The molecule has 1 aliphatic rings. The van der Waals surface area contributed by atoms with Crippen molar-refractivity contribution in [1.82, 2.24) is 10.2 Å². The van der Waals surface area contributed by atoms with Crippen molar-refractivity contribution < 1.29 is 22.7 Å². The zero-order chi connectivity index (χ0) is 16.1. The van der Waals surface area contributed by atoms with E-state index in [1.807, 2.05) is 6.92 Å². The zero-order valence-electron chi connectivity index (χ0n) is 12.9. The quantitative estimate of drug-likeness (QED) is 0.664. The average molecular weight is 310 g/mol. The molecule has 1 rings (SSSR count). The van der Waals surface area contributed by atoms with Crippen molar-refractivity contribution in [3.05, 3.63) is 0 Å². The smallest absolute Gasteiger partial charge is 0.401 e. The maximum Gasteiger partial charge on any atom is 0.401 e. The van der Waals surface area contributed by atoms with Crippen LogP contribution in [-0.4, -0.2) is 55.4 Å². The first-order valence-electron chi connectivity index (χ1n) is 7.36. The Morgan fingerprint density at radius 2 is 2.00 bits per heavy atom. The van der Waals surface area contributed by atoms with Crippen LogP contribution in [0.3, 0.4) is 0 Å². The Kier molecular flexibility index (Phi) is 6.46. The Morgan fingerprint density at radius 1 is 1.38 bits per heavy atom. The Hall–Kier alpha value is -0.820. The van der Waals surface area contributed by atoms with Crippen molar-refractivity contribution in [3.8, 4) is 0 Å². The number of esters is 1. The van der Waals surface area contributed by atoms with Gasteiger partial charge in [-0.25, -0.2) is 0 Å². The summed E-state index contributed by atoms with van der Waals surface area (Å²) in [7, 11) is 1.32. The lowest BCUT2D eigenvalue weighted by Gasteiger charge is -2.29. The van der Waals surface area contributed by atoms with Crippen molar-refractivity contribution in [2.45, 2.75) is 57.3 Å². The van der Waals surface area contributed by atoms with E-state index in [0.29, 0.717) is 25.9 Å². The summed E-state index contributed by atoms with van der Waals surface area (Å²) in [5, 5.41) is 3.06. The van der Waals surface area contributed by atoms with Gasteiger partial charge in [0.05, 0.1) is 13.7 Å². The molecule has 7 heteroatoms. The van der Waals surface area contributed by atoms with E-state index in [1.165, 1.54) is 12.0 Å². The standard InChI is InChI=1S/C14H25F3N2O2/c1-4-18-13(2,12(20)21-3)8-5-9-19(11-6-7-11)10-14(15,16)17/h11,18H,4-10H2,1-3H3. The van der Waals surface area contributed by atoms with E-state index in [1.54, 1.807) is 6.92 Å². The van der Waals surface area contributed by atoms with Gasteiger partial charge in [-0.05, 0) is 45.7 Å². The minimum absolute atomic E-state index is 0.0511. The second kappa shape index (κ2) is 7.45. The van der Waals surface area contributed by atoms with E-state index in [2.05, 4.69) is 5.32 Å². The number of methoxy groups -OCH3 is 1. The maximum atomic E-state index is 12.5. The topological polar surface area (TPSA) is 41.6 Å². The zero-order valence-corrected chi connectivity index (χ0v) is 12.9. The summed E-state index contributed by atoms with van der Waals surface area (Å²) in [6.07, 6.45) is -1.54. The number of ether oxygens (including phenoxy) is 1. The van der Waals surface area contributed by atoms with Gasteiger partial charge >= 0.3 is 12.1 Å². The van der Waals surface area contributed by atoms with Gasteiger partial charge < -0.3 is 10.1 Å². The monoisotopic (exact) mass is 310 g/mol. The SMILES string of the molecule is CCNC(C)(CCCN(CC(F)(F)F)C1CC1)C(=O)OC. The number of hydrogen-bond acceptors (Lipinski definition) is 4. The van der Waals surface area contributed by atoms with Crippen molar-refractivity contribution in [3.63, 3.8) is 0 Å². The molecule has 0 heterocycles. The molecule has 0 aromatic carbocycles. The largest absolute Gasteiger partial charge is 0.468 e. The van der Waals surface area contributed by atoms with Gasteiger partial charge in [0.15, 0.2) is 0 Å². The maximum absolute atomic E-state index is 12.5. The van der Waals surface area contributed by atoms with Crippen LogP contribution in [0.5, 0.6) is 0 Å². The highest BCUT2D eigenvalue weighted by Gasteiger charge is 2.38. The molecule has 0 amide bonds. The summed E-state index contributed by atoms with van der Waals surface area (Å²) >= 11 is 0. The number of nitrogens with one attached hydrogen (secondary N) is 1. The molecule has 1 N–H and O–H groups in total. The molecule has 0 spiro atoms. The number of nitrogens with zero attached hydrogens (tertiary/aromatic N) is 1. The van der Waals surface area contributed by atoms with Gasteiger partial charge in [-0.2, -0.15) is 13.2 Å². The molecule has 21 heavy (non-hydrogen) atoms. The lowest BCUT2D eigenvalue weighted by atomic mass is 9.95. The van der Waals surface area contributed by atoms with E-state index < -0.39 is 18.3 Å². The van der Waals surface area contributed by atoms with Gasteiger partial charge in [-0.15, -0.1) is 0 Å². The normalized spacial score (nSPS) is 18.6. The Morgan fingerprint density at radius 3 is 2.43 bits per heavy atom. The first kappa shape index (κ1) is 18.2. The third-order valence-corrected chi connectivity index (χ3v) is 3.77. The van der Waals surface area contributed by atoms with E-state index in [4.69, 9.17) is 4.74 Å². The van der Waals surface area contributed by atoms with Gasteiger partial charge in [0.2, 0.25) is 0 Å². The third-order valence-electron chi connectivity index (χ3n) is 3.77. The summed E-state index contributed by atoms with van der Waals surface area (Å²) in [5.41, 5.74) is -0.836. The van der Waals surface area contributed by atoms with Gasteiger partial charge in [0.25, 0.3) is 0 Å². The second-order valence-corrected chi connectivity index (χ2v) is 5.77. The van der Waals surface area contributed by atoms with Crippen LogP contribution in [0.25, 0.3) is 0 Å². The first-order chi connectivity index (χ1) is 9.72. The summed E-state index contributed by atoms with van der Waals surface area (Å²) in [6.45, 7) is 3.69. The van der Waals surface area contributed by atoms with Crippen LogP contribution in [0.1, 0.15) is 39.5 Å². The number of carbonyl (C=O) groups is 1. The highest BCUT2D eigenvalue weighted by Crippen LogP contribution is 2.30. The molecule has 4 nitrogen and oxygen atoms in total. The molecule has 1 aliphatic carbocycles. The summed E-state index contributed by atoms with van der Waals surface area (Å²) in [6, 6.07) is 0.0511. The van der Waals surface area contributed by atoms with E-state index in [-0.39, 0.29) is 12.0 Å². The molecular weight excluding hydrogens is 285 g/mol. The molecule has 0 saturated heterocycles. The van der Waals surface area contributed by atoms with Crippen molar-refractivity contribution in [2.75, 3.05) is 26.7 Å². The number of rotatable bonds is 9. The predicted molar refractivity (Wildman–Crippen MR) is 74.0 cm³/mol. The van der Waals surface area contributed by atoms with Crippen LogP contribution in [0.2, 0.25) is 0 Å². The number of halogens is 3. The molecule has 124 valence electrons. The number of likely N-dealkylation sites (N-methyl/N-ethyl adjacent to an activating group) is 1. The van der Waals surface area contributed by atoms with Crippen molar-refractivity contribution >= 4 is 5.97 Å². The molecule has 0 bridgehead atoms. The van der Waals surface area contributed by atoms with E-state index in [0.717, 1.165) is 12.8 Å². The fourth-order valence-electron chi connectivity index (χ4n) is 2.57.